The normalized spacial score (nSPS) is 21.5. The number of rotatable bonds is 3. The Morgan fingerprint density at radius 2 is 2.00 bits per heavy atom. The Hall–Kier alpha value is -2.18. The Labute approximate surface area is 141 Å². The Morgan fingerprint density at radius 3 is 2.71 bits per heavy atom. The van der Waals surface area contributed by atoms with Crippen LogP contribution in [0, 0.1) is 0 Å². The van der Waals surface area contributed by atoms with E-state index in [4.69, 9.17) is 5.10 Å². The van der Waals surface area contributed by atoms with Crippen LogP contribution in [0.25, 0.3) is 5.65 Å². The van der Waals surface area contributed by atoms with Gasteiger partial charge in [-0.2, -0.15) is 4.52 Å². The maximum atomic E-state index is 12.5. The molecule has 2 aliphatic rings. The molecule has 2 aromatic heterocycles. The topological polar surface area (TPSA) is 75.4 Å². The molecule has 1 N–H and O–H groups in total. The minimum absolute atomic E-state index is 0.120. The van der Waals surface area contributed by atoms with E-state index in [9.17, 15) is 4.79 Å². The fraction of sp³-hybridized carbons (Fsp3) is 0.647. The largest absolute Gasteiger partial charge is 0.352 e. The molecule has 0 radical (unpaired) electrons. The van der Waals surface area contributed by atoms with Gasteiger partial charge >= 0.3 is 0 Å². The molecule has 0 bridgehead atoms. The second kappa shape index (κ2) is 5.43. The van der Waals surface area contributed by atoms with Crippen molar-refractivity contribution in [3.8, 4) is 0 Å². The number of nitrogens with zero attached hydrogens (tertiary/aromatic N) is 5. The monoisotopic (exact) mass is 328 g/mol. The zero-order valence-electron chi connectivity index (χ0n) is 14.5. The molecule has 0 spiro atoms. The van der Waals surface area contributed by atoms with Crippen LogP contribution in [0.2, 0.25) is 0 Å². The number of carbonyl (C=O) groups is 1. The predicted octanol–water partition coefficient (Wildman–Crippen LogP) is 1.67. The van der Waals surface area contributed by atoms with E-state index in [2.05, 4.69) is 41.2 Å². The second-order valence-corrected chi connectivity index (χ2v) is 7.87. The highest BCUT2D eigenvalue weighted by Gasteiger charge is 2.35. The van der Waals surface area contributed by atoms with Gasteiger partial charge in [0, 0.05) is 18.0 Å². The predicted molar refractivity (Wildman–Crippen MR) is 91.0 cm³/mol. The number of hydrogen-bond donors (Lipinski definition) is 1. The highest BCUT2D eigenvalue weighted by Crippen LogP contribution is 2.27. The lowest BCUT2D eigenvalue weighted by atomic mass is 9.96. The van der Waals surface area contributed by atoms with E-state index in [1.165, 1.54) is 0 Å². The molecule has 0 aromatic carbocycles. The molecule has 1 saturated heterocycles. The number of aromatic nitrogens is 4. The fourth-order valence-electron chi connectivity index (χ4n) is 3.24. The van der Waals surface area contributed by atoms with E-state index in [-0.39, 0.29) is 17.4 Å². The highest BCUT2D eigenvalue weighted by atomic mass is 16.2. The molecule has 2 fully saturated rings. The number of nitrogens with one attached hydrogen (secondary N) is 1. The Morgan fingerprint density at radius 1 is 1.21 bits per heavy atom. The SMILES string of the molecule is CC(C)(C)c1nnc2ccc(N3CCCC3C(=O)NC3CC3)nn12. The molecule has 4 rings (SSSR count). The minimum atomic E-state index is -0.140. The standard InChI is InChI=1S/C17H24N6O/c1-17(2,3)16-20-19-13-8-9-14(21-23(13)16)22-10-4-5-12(22)15(24)18-11-6-7-11/h8-9,11-12H,4-7,10H2,1-3H3,(H,18,24). The van der Waals surface area contributed by atoms with E-state index in [1.54, 1.807) is 0 Å². The summed E-state index contributed by atoms with van der Waals surface area (Å²) in [6.07, 6.45) is 4.11. The lowest BCUT2D eigenvalue weighted by Gasteiger charge is -2.25. The van der Waals surface area contributed by atoms with E-state index in [0.717, 1.165) is 49.5 Å². The molecule has 1 atom stereocenters. The first-order valence-corrected chi connectivity index (χ1v) is 8.73. The van der Waals surface area contributed by atoms with Gasteiger partial charge in [0.05, 0.1) is 0 Å². The van der Waals surface area contributed by atoms with Crippen LogP contribution in [0.5, 0.6) is 0 Å². The maximum absolute atomic E-state index is 12.5. The van der Waals surface area contributed by atoms with E-state index in [1.807, 2.05) is 16.6 Å². The van der Waals surface area contributed by atoms with Crippen LogP contribution in [-0.4, -0.2) is 44.3 Å². The molecule has 128 valence electrons. The van der Waals surface area contributed by atoms with Gasteiger partial charge in [0.25, 0.3) is 0 Å². The van der Waals surface area contributed by atoms with Gasteiger partial charge in [0.1, 0.15) is 11.9 Å². The molecule has 1 aliphatic carbocycles. The van der Waals surface area contributed by atoms with Crippen LogP contribution in [0.3, 0.4) is 0 Å². The molecule has 1 aliphatic heterocycles. The molecule has 1 saturated carbocycles. The van der Waals surface area contributed by atoms with Gasteiger partial charge < -0.3 is 10.2 Å². The summed E-state index contributed by atoms with van der Waals surface area (Å²) in [4.78, 5) is 14.6. The van der Waals surface area contributed by atoms with Crippen LogP contribution in [0.4, 0.5) is 5.82 Å². The van der Waals surface area contributed by atoms with Crippen LogP contribution >= 0.6 is 0 Å². The zero-order valence-corrected chi connectivity index (χ0v) is 14.5. The molecule has 2 aromatic rings. The third-order valence-corrected chi connectivity index (χ3v) is 4.69. The first-order chi connectivity index (χ1) is 11.4. The summed E-state index contributed by atoms with van der Waals surface area (Å²) >= 11 is 0. The molecule has 1 amide bonds. The third kappa shape index (κ3) is 2.72. The van der Waals surface area contributed by atoms with Crippen molar-refractivity contribution in [1.82, 2.24) is 25.1 Å². The first kappa shape index (κ1) is 15.4. The Balaban J connectivity index is 1.66. The molecule has 7 heteroatoms. The van der Waals surface area contributed by atoms with Crippen LogP contribution in [-0.2, 0) is 10.2 Å². The van der Waals surface area contributed by atoms with Gasteiger partial charge in [-0.05, 0) is 37.8 Å². The third-order valence-electron chi connectivity index (χ3n) is 4.69. The summed E-state index contributed by atoms with van der Waals surface area (Å²) in [5, 5.41) is 16.4. The van der Waals surface area contributed by atoms with Crippen molar-refractivity contribution < 1.29 is 4.79 Å². The number of amides is 1. The van der Waals surface area contributed by atoms with E-state index < -0.39 is 0 Å². The van der Waals surface area contributed by atoms with Crippen molar-refractivity contribution in [2.45, 2.75) is 64.0 Å². The number of fused-ring (bicyclic) bond motifs is 1. The van der Waals surface area contributed by atoms with Gasteiger partial charge in [-0.1, -0.05) is 20.8 Å². The van der Waals surface area contributed by atoms with Gasteiger partial charge in [0.15, 0.2) is 11.5 Å². The summed E-state index contributed by atoms with van der Waals surface area (Å²) in [6.45, 7) is 7.15. The first-order valence-electron chi connectivity index (χ1n) is 8.73. The van der Waals surface area contributed by atoms with Crippen molar-refractivity contribution in [3.05, 3.63) is 18.0 Å². The van der Waals surface area contributed by atoms with Crippen LogP contribution in [0.1, 0.15) is 52.3 Å². The summed E-state index contributed by atoms with van der Waals surface area (Å²) in [6, 6.07) is 4.14. The maximum Gasteiger partial charge on any atom is 0.242 e. The van der Waals surface area contributed by atoms with Gasteiger partial charge in [-0.25, -0.2) is 0 Å². The average molecular weight is 328 g/mol. The highest BCUT2D eigenvalue weighted by molar-refractivity contribution is 5.86. The van der Waals surface area contributed by atoms with Gasteiger partial charge in [-0.15, -0.1) is 15.3 Å². The molecule has 1 unspecified atom stereocenters. The summed E-state index contributed by atoms with van der Waals surface area (Å²) in [5.41, 5.74) is 0.598. The zero-order chi connectivity index (χ0) is 16.9. The quantitative estimate of drug-likeness (QED) is 0.927. The Bertz CT molecular complexity index is 773. The van der Waals surface area contributed by atoms with Crippen molar-refractivity contribution >= 4 is 17.4 Å². The fourth-order valence-corrected chi connectivity index (χ4v) is 3.24. The van der Waals surface area contributed by atoms with Crippen molar-refractivity contribution in [2.75, 3.05) is 11.4 Å². The average Bonchev–Trinajstić information content (AvgIpc) is 3.04. The molecule has 7 nitrogen and oxygen atoms in total. The summed E-state index contributed by atoms with van der Waals surface area (Å²) in [7, 11) is 0. The lowest BCUT2D eigenvalue weighted by molar-refractivity contribution is -0.122. The van der Waals surface area contributed by atoms with Gasteiger partial charge in [0.2, 0.25) is 5.91 Å². The molecular weight excluding hydrogens is 304 g/mol. The van der Waals surface area contributed by atoms with Gasteiger partial charge in [-0.3, -0.25) is 4.79 Å². The van der Waals surface area contributed by atoms with Crippen molar-refractivity contribution in [2.24, 2.45) is 0 Å². The van der Waals surface area contributed by atoms with Crippen LogP contribution < -0.4 is 10.2 Å². The van der Waals surface area contributed by atoms with Crippen molar-refractivity contribution in [1.29, 1.82) is 0 Å². The molecule has 24 heavy (non-hydrogen) atoms. The summed E-state index contributed by atoms with van der Waals surface area (Å²) in [5.74, 6) is 1.79. The Kier molecular flexibility index (Phi) is 3.47. The van der Waals surface area contributed by atoms with E-state index >= 15 is 0 Å². The second-order valence-electron chi connectivity index (χ2n) is 7.87. The van der Waals surface area contributed by atoms with E-state index in [0.29, 0.717) is 6.04 Å². The lowest BCUT2D eigenvalue weighted by Crippen LogP contribution is -2.44. The van der Waals surface area contributed by atoms with Crippen LogP contribution in [0.15, 0.2) is 12.1 Å². The number of anilines is 1. The number of hydrogen-bond acceptors (Lipinski definition) is 5. The smallest absolute Gasteiger partial charge is 0.242 e. The van der Waals surface area contributed by atoms with Crippen molar-refractivity contribution in [3.63, 3.8) is 0 Å². The minimum Gasteiger partial charge on any atom is -0.352 e. The molecular formula is C17H24N6O. The number of carbonyl (C=O) groups excluding carboxylic acids is 1. The molecule has 3 heterocycles. The summed E-state index contributed by atoms with van der Waals surface area (Å²) < 4.78 is 1.81.